The Kier molecular flexibility index (Phi) is 4.51. The van der Waals surface area contributed by atoms with E-state index in [1.807, 2.05) is 0 Å². The summed E-state index contributed by atoms with van der Waals surface area (Å²) in [5.41, 5.74) is 1.01. The number of pyridine rings is 1. The highest BCUT2D eigenvalue weighted by Crippen LogP contribution is 2.23. The molecule has 1 aromatic carbocycles. The lowest BCUT2D eigenvalue weighted by Gasteiger charge is -2.21. The molecular formula is C17H12FN3O4. The summed E-state index contributed by atoms with van der Waals surface area (Å²) in [6, 6.07) is 12.9. The third-order valence-corrected chi connectivity index (χ3v) is 3.41. The van der Waals surface area contributed by atoms with Crippen molar-refractivity contribution in [1.82, 2.24) is 4.98 Å². The number of aromatic nitrogens is 1. The van der Waals surface area contributed by atoms with Crippen LogP contribution in [0.25, 0.3) is 0 Å². The fourth-order valence-corrected chi connectivity index (χ4v) is 2.23. The minimum Gasteiger partial charge on any atom is -0.395 e. The van der Waals surface area contributed by atoms with Crippen LogP contribution in [0.5, 0.6) is 0 Å². The highest BCUT2D eigenvalue weighted by atomic mass is 19.1. The van der Waals surface area contributed by atoms with Gasteiger partial charge in [0.15, 0.2) is 5.76 Å². The first-order valence-electron chi connectivity index (χ1n) is 7.26. The molecule has 25 heavy (non-hydrogen) atoms. The van der Waals surface area contributed by atoms with Gasteiger partial charge in [-0.1, -0.05) is 6.07 Å². The summed E-state index contributed by atoms with van der Waals surface area (Å²) >= 11 is 0. The van der Waals surface area contributed by atoms with Crippen LogP contribution in [-0.2, 0) is 6.54 Å². The van der Waals surface area contributed by atoms with Gasteiger partial charge in [-0.3, -0.25) is 24.8 Å². The highest BCUT2D eigenvalue weighted by molar-refractivity contribution is 6.04. The third kappa shape index (κ3) is 3.69. The molecule has 0 saturated heterocycles. The van der Waals surface area contributed by atoms with Gasteiger partial charge in [0.25, 0.3) is 5.91 Å². The molecule has 0 fully saturated rings. The second kappa shape index (κ2) is 6.91. The maximum absolute atomic E-state index is 13.2. The second-order valence-corrected chi connectivity index (χ2v) is 5.08. The van der Waals surface area contributed by atoms with Gasteiger partial charge in [-0.25, -0.2) is 4.39 Å². The molecular weight excluding hydrogens is 329 g/mol. The van der Waals surface area contributed by atoms with E-state index in [4.69, 9.17) is 4.42 Å². The average molecular weight is 341 g/mol. The van der Waals surface area contributed by atoms with Crippen LogP contribution >= 0.6 is 0 Å². The van der Waals surface area contributed by atoms with E-state index in [9.17, 15) is 19.3 Å². The number of nitro groups is 1. The molecule has 0 bridgehead atoms. The molecule has 2 heterocycles. The van der Waals surface area contributed by atoms with Crippen LogP contribution in [0.3, 0.4) is 0 Å². The van der Waals surface area contributed by atoms with Gasteiger partial charge >= 0.3 is 5.88 Å². The zero-order chi connectivity index (χ0) is 17.8. The quantitative estimate of drug-likeness (QED) is 0.523. The molecule has 0 aliphatic carbocycles. The Morgan fingerprint density at radius 1 is 1.16 bits per heavy atom. The van der Waals surface area contributed by atoms with Crippen molar-refractivity contribution in [2.45, 2.75) is 6.54 Å². The molecule has 0 N–H and O–H groups in total. The van der Waals surface area contributed by atoms with E-state index >= 15 is 0 Å². The Balaban J connectivity index is 1.95. The van der Waals surface area contributed by atoms with E-state index < -0.39 is 22.5 Å². The van der Waals surface area contributed by atoms with Crippen molar-refractivity contribution in [2.24, 2.45) is 0 Å². The van der Waals surface area contributed by atoms with Crippen molar-refractivity contribution < 1.29 is 18.5 Å². The molecule has 7 nitrogen and oxygen atoms in total. The molecule has 0 saturated carbocycles. The first kappa shape index (κ1) is 16.3. The van der Waals surface area contributed by atoms with E-state index in [0.29, 0.717) is 11.4 Å². The third-order valence-electron chi connectivity index (χ3n) is 3.41. The topological polar surface area (TPSA) is 89.5 Å². The van der Waals surface area contributed by atoms with Crippen molar-refractivity contribution in [3.05, 3.63) is 88.2 Å². The summed E-state index contributed by atoms with van der Waals surface area (Å²) in [6.45, 7) is 0.0970. The summed E-state index contributed by atoms with van der Waals surface area (Å²) < 4.78 is 18.2. The number of rotatable bonds is 5. The molecule has 126 valence electrons. The van der Waals surface area contributed by atoms with Crippen molar-refractivity contribution in [3.8, 4) is 0 Å². The molecule has 0 atom stereocenters. The van der Waals surface area contributed by atoms with E-state index in [1.165, 1.54) is 35.2 Å². The van der Waals surface area contributed by atoms with Gasteiger partial charge in [0.1, 0.15) is 10.7 Å². The fraction of sp³-hybridized carbons (Fsp3) is 0.0588. The molecule has 0 radical (unpaired) electrons. The summed E-state index contributed by atoms with van der Waals surface area (Å²) in [6.07, 6.45) is 1.58. The van der Waals surface area contributed by atoms with Crippen LogP contribution in [-0.4, -0.2) is 15.8 Å². The van der Waals surface area contributed by atoms with Gasteiger partial charge in [-0.15, -0.1) is 0 Å². The summed E-state index contributed by atoms with van der Waals surface area (Å²) in [4.78, 5) is 28.2. The lowest BCUT2D eigenvalue weighted by molar-refractivity contribution is -0.402. The van der Waals surface area contributed by atoms with Crippen LogP contribution in [0.4, 0.5) is 16.0 Å². The predicted molar refractivity (Wildman–Crippen MR) is 86.5 cm³/mol. The zero-order valence-corrected chi connectivity index (χ0v) is 12.8. The van der Waals surface area contributed by atoms with E-state index in [-0.39, 0.29) is 12.3 Å². The molecule has 3 rings (SSSR count). The van der Waals surface area contributed by atoms with Crippen LogP contribution < -0.4 is 4.90 Å². The molecule has 0 unspecified atom stereocenters. The van der Waals surface area contributed by atoms with Crippen molar-refractivity contribution in [1.29, 1.82) is 0 Å². The van der Waals surface area contributed by atoms with Crippen molar-refractivity contribution in [2.75, 3.05) is 4.90 Å². The first-order chi connectivity index (χ1) is 12.0. The smallest absolute Gasteiger partial charge is 0.395 e. The number of carbonyl (C=O) groups is 1. The maximum Gasteiger partial charge on any atom is 0.433 e. The van der Waals surface area contributed by atoms with Gasteiger partial charge in [-0.2, -0.15) is 0 Å². The van der Waals surface area contributed by atoms with Crippen LogP contribution in [0.15, 0.2) is 65.2 Å². The average Bonchev–Trinajstić information content (AvgIpc) is 3.11. The number of carbonyl (C=O) groups excluding carboxylic acids is 1. The zero-order valence-electron chi connectivity index (χ0n) is 12.8. The number of amides is 1. The van der Waals surface area contributed by atoms with Crippen LogP contribution in [0.2, 0.25) is 0 Å². The van der Waals surface area contributed by atoms with E-state index in [1.54, 1.807) is 24.4 Å². The van der Waals surface area contributed by atoms with Gasteiger partial charge < -0.3 is 4.42 Å². The monoisotopic (exact) mass is 341 g/mol. The van der Waals surface area contributed by atoms with Crippen LogP contribution in [0, 0.1) is 15.9 Å². The number of hydrogen-bond donors (Lipinski definition) is 0. The molecule has 3 aromatic rings. The number of benzene rings is 1. The Morgan fingerprint density at radius 3 is 2.52 bits per heavy atom. The van der Waals surface area contributed by atoms with Gasteiger partial charge in [-0.05, 0) is 42.5 Å². The lowest BCUT2D eigenvalue weighted by atomic mass is 10.2. The number of anilines is 1. The van der Waals surface area contributed by atoms with Gasteiger partial charge in [0.2, 0.25) is 0 Å². The SMILES string of the molecule is O=C(c1ccc([N+](=O)[O-])o1)N(Cc1ccccn1)c1ccc(F)cc1. The van der Waals surface area contributed by atoms with E-state index in [2.05, 4.69) is 4.98 Å². The Hall–Kier alpha value is -3.55. The molecule has 1 amide bonds. The summed E-state index contributed by atoms with van der Waals surface area (Å²) in [5.74, 6) is -1.75. The molecule has 2 aromatic heterocycles. The summed E-state index contributed by atoms with van der Waals surface area (Å²) in [7, 11) is 0. The number of hydrogen-bond acceptors (Lipinski definition) is 5. The van der Waals surface area contributed by atoms with Gasteiger partial charge in [0, 0.05) is 11.9 Å². The highest BCUT2D eigenvalue weighted by Gasteiger charge is 2.24. The standard InChI is InChI=1S/C17H12FN3O4/c18-12-4-6-14(7-5-12)20(11-13-3-1-2-10-19-13)17(22)15-8-9-16(25-15)21(23)24/h1-10H,11H2. The predicted octanol–water partition coefficient (Wildman–Crippen LogP) is 3.57. The minimum absolute atomic E-state index is 0.0970. The first-order valence-corrected chi connectivity index (χ1v) is 7.26. The van der Waals surface area contributed by atoms with Gasteiger partial charge in [0.05, 0.1) is 18.3 Å². The molecule has 0 aliphatic heterocycles. The van der Waals surface area contributed by atoms with Crippen LogP contribution in [0.1, 0.15) is 16.2 Å². The lowest BCUT2D eigenvalue weighted by Crippen LogP contribution is -2.30. The van der Waals surface area contributed by atoms with E-state index in [0.717, 1.165) is 6.07 Å². The van der Waals surface area contributed by atoms with Crippen molar-refractivity contribution in [3.63, 3.8) is 0 Å². The molecule has 8 heteroatoms. The maximum atomic E-state index is 13.2. The molecule has 0 spiro atoms. The van der Waals surface area contributed by atoms with Crippen molar-refractivity contribution >= 4 is 17.5 Å². The number of furan rings is 1. The fourth-order valence-electron chi connectivity index (χ4n) is 2.23. The summed E-state index contributed by atoms with van der Waals surface area (Å²) in [5, 5.41) is 10.7. The number of nitrogens with zero attached hydrogens (tertiary/aromatic N) is 3. The minimum atomic E-state index is -0.724. The number of halogens is 1. The normalized spacial score (nSPS) is 10.4. The molecule has 0 aliphatic rings. The Bertz CT molecular complexity index is 894. The second-order valence-electron chi connectivity index (χ2n) is 5.08. The Labute approximate surface area is 141 Å². The largest absolute Gasteiger partial charge is 0.433 e. The Morgan fingerprint density at radius 2 is 1.92 bits per heavy atom.